The molecule has 1 fully saturated rings. The van der Waals surface area contributed by atoms with Crippen LogP contribution in [0.1, 0.15) is 19.3 Å². The maximum Gasteiger partial charge on any atom is 0.0648 e. The molecule has 2 nitrogen and oxygen atoms in total. The molecule has 0 spiro atoms. The van der Waals surface area contributed by atoms with E-state index in [4.69, 9.17) is 9.47 Å². The third-order valence-electron chi connectivity index (χ3n) is 2.24. The maximum atomic E-state index is 5.54. The molecule has 0 amide bonds. The van der Waals surface area contributed by atoms with Gasteiger partial charge in [-0.2, -0.15) is 0 Å². The molecule has 1 rings (SSSR count). The normalized spacial score (nSPS) is 27.4. The highest BCUT2D eigenvalue weighted by Crippen LogP contribution is 2.24. The SMILES string of the molecule is C=CCOC1CCC(OCC=C)C1. The molecule has 2 heteroatoms. The van der Waals surface area contributed by atoms with Crippen LogP contribution in [-0.2, 0) is 9.47 Å². The van der Waals surface area contributed by atoms with Crippen molar-refractivity contribution in [2.75, 3.05) is 13.2 Å². The van der Waals surface area contributed by atoms with E-state index in [9.17, 15) is 0 Å². The average Bonchev–Trinajstić information content (AvgIpc) is 2.59. The van der Waals surface area contributed by atoms with Crippen LogP contribution in [0.3, 0.4) is 0 Å². The molecule has 0 radical (unpaired) electrons. The Kier molecular flexibility index (Phi) is 4.79. The molecule has 0 heterocycles. The Morgan fingerprint density at radius 3 is 1.85 bits per heavy atom. The third kappa shape index (κ3) is 3.75. The highest BCUT2D eigenvalue weighted by molar-refractivity contribution is 4.79. The predicted molar refractivity (Wildman–Crippen MR) is 53.7 cm³/mol. The average molecular weight is 182 g/mol. The van der Waals surface area contributed by atoms with Crippen molar-refractivity contribution in [3.63, 3.8) is 0 Å². The summed E-state index contributed by atoms with van der Waals surface area (Å²) in [6.07, 6.45) is 7.55. The summed E-state index contributed by atoms with van der Waals surface area (Å²) in [6.45, 7) is 8.54. The van der Waals surface area contributed by atoms with E-state index >= 15 is 0 Å². The topological polar surface area (TPSA) is 18.5 Å². The standard InChI is InChI=1S/C11H18O2/c1-3-7-12-10-5-6-11(9-10)13-8-4-2/h3-4,10-11H,1-2,5-9H2. The van der Waals surface area contributed by atoms with E-state index in [2.05, 4.69) is 13.2 Å². The van der Waals surface area contributed by atoms with Crippen LogP contribution >= 0.6 is 0 Å². The van der Waals surface area contributed by atoms with Gasteiger partial charge in [0, 0.05) is 0 Å². The van der Waals surface area contributed by atoms with Crippen LogP contribution in [0.5, 0.6) is 0 Å². The summed E-state index contributed by atoms with van der Waals surface area (Å²) >= 11 is 0. The summed E-state index contributed by atoms with van der Waals surface area (Å²) in [5, 5.41) is 0. The number of hydrogen-bond donors (Lipinski definition) is 0. The molecule has 0 aromatic heterocycles. The first-order chi connectivity index (χ1) is 6.36. The van der Waals surface area contributed by atoms with Gasteiger partial charge in [-0.25, -0.2) is 0 Å². The van der Waals surface area contributed by atoms with Gasteiger partial charge >= 0.3 is 0 Å². The molecule has 1 aliphatic rings. The van der Waals surface area contributed by atoms with E-state index in [0.717, 1.165) is 19.3 Å². The predicted octanol–water partition coefficient (Wildman–Crippen LogP) is 2.31. The van der Waals surface area contributed by atoms with Gasteiger partial charge in [0.2, 0.25) is 0 Å². The zero-order chi connectivity index (χ0) is 9.52. The molecule has 2 atom stereocenters. The van der Waals surface area contributed by atoms with Gasteiger partial charge in [-0.3, -0.25) is 0 Å². The summed E-state index contributed by atoms with van der Waals surface area (Å²) in [4.78, 5) is 0. The Balaban J connectivity index is 2.12. The Morgan fingerprint density at radius 1 is 1.00 bits per heavy atom. The summed E-state index contributed by atoms with van der Waals surface area (Å²) in [5.74, 6) is 0. The van der Waals surface area contributed by atoms with Crippen LogP contribution in [-0.4, -0.2) is 25.4 Å². The lowest BCUT2D eigenvalue weighted by atomic mass is 10.3. The van der Waals surface area contributed by atoms with E-state index in [-0.39, 0.29) is 0 Å². The number of hydrogen-bond acceptors (Lipinski definition) is 2. The molecule has 74 valence electrons. The van der Waals surface area contributed by atoms with Crippen LogP contribution in [0.25, 0.3) is 0 Å². The van der Waals surface area contributed by atoms with Gasteiger partial charge < -0.3 is 9.47 Å². The first kappa shape index (κ1) is 10.5. The fraction of sp³-hybridized carbons (Fsp3) is 0.636. The van der Waals surface area contributed by atoms with Gasteiger partial charge in [-0.05, 0) is 19.3 Å². The van der Waals surface area contributed by atoms with Crippen LogP contribution in [0.4, 0.5) is 0 Å². The van der Waals surface area contributed by atoms with Crippen molar-refractivity contribution < 1.29 is 9.47 Å². The first-order valence-electron chi connectivity index (χ1n) is 4.81. The van der Waals surface area contributed by atoms with Crippen molar-refractivity contribution in [1.82, 2.24) is 0 Å². The van der Waals surface area contributed by atoms with Gasteiger partial charge in [-0.15, -0.1) is 13.2 Å². The van der Waals surface area contributed by atoms with E-state index in [1.165, 1.54) is 0 Å². The number of rotatable bonds is 6. The molecule has 0 aliphatic heterocycles. The lowest BCUT2D eigenvalue weighted by Gasteiger charge is -2.11. The van der Waals surface area contributed by atoms with E-state index in [1.54, 1.807) is 12.2 Å². The van der Waals surface area contributed by atoms with Gasteiger partial charge in [0.25, 0.3) is 0 Å². The largest absolute Gasteiger partial charge is 0.374 e. The highest BCUT2D eigenvalue weighted by atomic mass is 16.5. The minimum absolute atomic E-state index is 0.368. The van der Waals surface area contributed by atoms with Gasteiger partial charge in [0.15, 0.2) is 0 Å². The minimum Gasteiger partial charge on any atom is -0.374 e. The fourth-order valence-electron chi connectivity index (χ4n) is 1.61. The second-order valence-corrected chi connectivity index (χ2v) is 3.30. The summed E-state index contributed by atoms with van der Waals surface area (Å²) in [5.41, 5.74) is 0. The van der Waals surface area contributed by atoms with E-state index in [1.807, 2.05) is 0 Å². The molecule has 0 N–H and O–H groups in total. The summed E-state index contributed by atoms with van der Waals surface area (Å²) < 4.78 is 11.1. The van der Waals surface area contributed by atoms with Gasteiger partial charge in [0.1, 0.15) is 0 Å². The van der Waals surface area contributed by atoms with Gasteiger partial charge in [-0.1, -0.05) is 12.2 Å². The quantitative estimate of drug-likeness (QED) is 0.587. The Morgan fingerprint density at radius 2 is 1.46 bits per heavy atom. The van der Waals surface area contributed by atoms with Gasteiger partial charge in [0.05, 0.1) is 25.4 Å². The Bertz CT molecular complexity index is 147. The molecule has 0 aromatic rings. The van der Waals surface area contributed by atoms with Crippen LogP contribution in [0.15, 0.2) is 25.3 Å². The number of ether oxygens (including phenoxy) is 2. The smallest absolute Gasteiger partial charge is 0.0648 e. The second kappa shape index (κ2) is 5.95. The molecule has 13 heavy (non-hydrogen) atoms. The lowest BCUT2D eigenvalue weighted by Crippen LogP contribution is -2.13. The summed E-state index contributed by atoms with van der Waals surface area (Å²) in [7, 11) is 0. The molecule has 2 unspecified atom stereocenters. The van der Waals surface area contributed by atoms with E-state index < -0.39 is 0 Å². The summed E-state index contributed by atoms with van der Waals surface area (Å²) in [6, 6.07) is 0. The zero-order valence-electron chi connectivity index (χ0n) is 8.08. The van der Waals surface area contributed by atoms with Crippen molar-refractivity contribution in [2.45, 2.75) is 31.5 Å². The first-order valence-corrected chi connectivity index (χ1v) is 4.81. The molecule has 0 aromatic carbocycles. The molecule has 0 saturated heterocycles. The molecular weight excluding hydrogens is 164 g/mol. The van der Waals surface area contributed by atoms with Crippen LogP contribution < -0.4 is 0 Å². The third-order valence-corrected chi connectivity index (χ3v) is 2.24. The Hall–Kier alpha value is -0.600. The second-order valence-electron chi connectivity index (χ2n) is 3.30. The van der Waals surface area contributed by atoms with Crippen LogP contribution in [0.2, 0.25) is 0 Å². The highest BCUT2D eigenvalue weighted by Gasteiger charge is 2.24. The van der Waals surface area contributed by atoms with E-state index in [0.29, 0.717) is 25.4 Å². The Labute approximate surface area is 80.2 Å². The van der Waals surface area contributed by atoms with Crippen LogP contribution in [0, 0.1) is 0 Å². The molecule has 1 saturated carbocycles. The van der Waals surface area contributed by atoms with Crippen molar-refractivity contribution in [2.24, 2.45) is 0 Å². The molecular formula is C11H18O2. The monoisotopic (exact) mass is 182 g/mol. The molecule has 1 aliphatic carbocycles. The minimum atomic E-state index is 0.368. The zero-order valence-corrected chi connectivity index (χ0v) is 8.08. The van der Waals surface area contributed by atoms with Crippen molar-refractivity contribution in [3.8, 4) is 0 Å². The van der Waals surface area contributed by atoms with Crippen molar-refractivity contribution in [3.05, 3.63) is 25.3 Å². The lowest BCUT2D eigenvalue weighted by molar-refractivity contribution is 0.0420. The maximum absolute atomic E-state index is 5.54. The fourth-order valence-corrected chi connectivity index (χ4v) is 1.61. The molecule has 0 bridgehead atoms. The van der Waals surface area contributed by atoms with Crippen molar-refractivity contribution in [1.29, 1.82) is 0 Å². The van der Waals surface area contributed by atoms with Crippen molar-refractivity contribution >= 4 is 0 Å².